The number of rotatable bonds is 0. The van der Waals surface area contributed by atoms with E-state index >= 15 is 0 Å². The summed E-state index contributed by atoms with van der Waals surface area (Å²) in [5, 5.41) is 0.767. The molecule has 0 aromatic carbocycles. The zero-order valence-corrected chi connectivity index (χ0v) is 6.97. The number of hydrogen-bond acceptors (Lipinski definition) is 4. The number of amides is 2. The van der Waals surface area contributed by atoms with E-state index in [1.807, 2.05) is 0 Å². The second kappa shape index (κ2) is 2.10. The Bertz CT molecular complexity index is 276. The largest absolute Gasteiger partial charge is 0.373 e. The number of fused-ring (bicyclic) bond motifs is 5. The Morgan fingerprint density at radius 1 is 1.15 bits per heavy atom. The first kappa shape index (κ1) is 7.46. The van der Waals surface area contributed by atoms with Gasteiger partial charge >= 0.3 is 0 Å². The van der Waals surface area contributed by atoms with E-state index in [9.17, 15) is 9.59 Å². The van der Waals surface area contributed by atoms with Crippen LogP contribution in [-0.4, -0.2) is 29.0 Å². The molecule has 2 amide bonds. The summed E-state index contributed by atoms with van der Waals surface area (Å²) in [6.07, 6.45) is 1.66. The number of carbonyl (C=O) groups excluding carboxylic acids is 2. The number of imide groups is 1. The summed E-state index contributed by atoms with van der Waals surface area (Å²) in [6.45, 7) is 0. The molecule has 70 valence electrons. The summed E-state index contributed by atoms with van der Waals surface area (Å²) in [5.74, 6) is 4.26. The van der Waals surface area contributed by atoms with Crippen LogP contribution < -0.4 is 5.84 Å². The number of hydrogen-bond donors (Lipinski definition) is 1. The minimum atomic E-state index is -0.281. The van der Waals surface area contributed by atoms with Gasteiger partial charge in [0.05, 0.1) is 24.0 Å². The van der Waals surface area contributed by atoms with Gasteiger partial charge < -0.3 is 4.74 Å². The highest BCUT2D eigenvalue weighted by Gasteiger charge is 2.61. The third-order valence-corrected chi connectivity index (χ3v) is 3.32. The van der Waals surface area contributed by atoms with Crippen molar-refractivity contribution in [1.82, 2.24) is 5.01 Å². The highest BCUT2D eigenvalue weighted by molar-refractivity contribution is 6.05. The summed E-state index contributed by atoms with van der Waals surface area (Å²) in [6, 6.07) is 0. The maximum atomic E-state index is 11.5. The van der Waals surface area contributed by atoms with Gasteiger partial charge in [-0.2, -0.15) is 0 Å². The molecule has 0 spiro atoms. The molecular formula is C8H10N2O3. The smallest absolute Gasteiger partial charge is 0.250 e. The van der Waals surface area contributed by atoms with E-state index in [1.165, 1.54) is 0 Å². The Hall–Kier alpha value is -0.940. The van der Waals surface area contributed by atoms with Crippen LogP contribution in [0.5, 0.6) is 0 Å². The van der Waals surface area contributed by atoms with Gasteiger partial charge in [-0.05, 0) is 12.8 Å². The molecule has 3 rings (SSSR count). The molecule has 2 bridgehead atoms. The van der Waals surface area contributed by atoms with Gasteiger partial charge in [0, 0.05) is 0 Å². The third-order valence-electron chi connectivity index (χ3n) is 3.32. The quantitative estimate of drug-likeness (QED) is 0.297. The van der Waals surface area contributed by atoms with E-state index < -0.39 is 0 Å². The van der Waals surface area contributed by atoms with Crippen molar-refractivity contribution >= 4 is 11.8 Å². The molecule has 3 aliphatic heterocycles. The Morgan fingerprint density at radius 3 is 2.08 bits per heavy atom. The van der Waals surface area contributed by atoms with Gasteiger partial charge in [0.15, 0.2) is 0 Å². The van der Waals surface area contributed by atoms with Gasteiger partial charge in [0.25, 0.3) is 0 Å². The third kappa shape index (κ3) is 0.698. The predicted molar refractivity (Wildman–Crippen MR) is 40.9 cm³/mol. The molecule has 0 saturated carbocycles. The summed E-state index contributed by atoms with van der Waals surface area (Å²) < 4.78 is 5.50. The second-order valence-corrected chi connectivity index (χ2v) is 3.89. The number of nitrogens with two attached hydrogens (primary N) is 1. The standard InChI is InChI=1S/C8H10N2O3/c9-10-7(11)5-3-1-2-4(13-3)6(5)8(10)12/h3-6H,1-2,9H2/t3?,4?,5-,6+. The molecule has 0 aliphatic carbocycles. The second-order valence-electron chi connectivity index (χ2n) is 3.89. The average Bonchev–Trinajstić information content (AvgIpc) is 2.76. The Kier molecular flexibility index (Phi) is 1.21. The Balaban J connectivity index is 2.03. The van der Waals surface area contributed by atoms with Crippen molar-refractivity contribution in [2.24, 2.45) is 17.7 Å². The highest BCUT2D eigenvalue weighted by atomic mass is 16.5. The van der Waals surface area contributed by atoms with E-state index in [0.29, 0.717) is 0 Å². The summed E-state index contributed by atoms with van der Waals surface area (Å²) in [4.78, 5) is 23.0. The lowest BCUT2D eigenvalue weighted by molar-refractivity contribution is -0.142. The van der Waals surface area contributed by atoms with Crippen LogP contribution in [0.25, 0.3) is 0 Å². The molecule has 3 fully saturated rings. The zero-order chi connectivity index (χ0) is 9.16. The minimum Gasteiger partial charge on any atom is -0.373 e. The Labute approximate surface area is 74.8 Å². The zero-order valence-electron chi connectivity index (χ0n) is 6.97. The lowest BCUT2D eigenvalue weighted by Crippen LogP contribution is -2.39. The van der Waals surface area contributed by atoms with Gasteiger partial charge in [-0.25, -0.2) is 10.9 Å². The first-order chi connectivity index (χ1) is 6.20. The molecule has 3 saturated heterocycles. The number of nitrogens with zero attached hydrogens (tertiary/aromatic N) is 1. The van der Waals surface area contributed by atoms with E-state index in [1.54, 1.807) is 0 Å². The molecule has 5 nitrogen and oxygen atoms in total. The predicted octanol–water partition coefficient (Wildman–Crippen LogP) is -0.978. The molecule has 4 atom stereocenters. The molecule has 0 aromatic heterocycles. The van der Waals surface area contributed by atoms with E-state index in [-0.39, 0.29) is 35.9 Å². The van der Waals surface area contributed by atoms with Crippen molar-refractivity contribution in [3.63, 3.8) is 0 Å². The molecule has 3 aliphatic rings. The molecule has 3 heterocycles. The van der Waals surface area contributed by atoms with Crippen LogP contribution in [-0.2, 0) is 14.3 Å². The fourth-order valence-corrected chi connectivity index (χ4v) is 2.74. The monoisotopic (exact) mass is 182 g/mol. The van der Waals surface area contributed by atoms with Gasteiger partial charge in [-0.1, -0.05) is 0 Å². The molecule has 0 radical (unpaired) electrons. The molecule has 13 heavy (non-hydrogen) atoms. The Morgan fingerprint density at radius 2 is 1.62 bits per heavy atom. The van der Waals surface area contributed by atoms with Gasteiger partial charge in [0.1, 0.15) is 0 Å². The van der Waals surface area contributed by atoms with Crippen LogP contribution >= 0.6 is 0 Å². The maximum absolute atomic E-state index is 11.5. The lowest BCUT2D eigenvalue weighted by Gasteiger charge is -2.14. The van der Waals surface area contributed by atoms with Crippen molar-refractivity contribution in [1.29, 1.82) is 0 Å². The number of carbonyl (C=O) groups is 2. The number of hydrazine groups is 1. The fraction of sp³-hybridized carbons (Fsp3) is 0.750. The van der Waals surface area contributed by atoms with Crippen molar-refractivity contribution < 1.29 is 14.3 Å². The van der Waals surface area contributed by atoms with Crippen LogP contribution in [0.3, 0.4) is 0 Å². The van der Waals surface area contributed by atoms with Crippen molar-refractivity contribution in [3.8, 4) is 0 Å². The summed E-state index contributed by atoms with van der Waals surface area (Å²) in [5.41, 5.74) is 0. The lowest BCUT2D eigenvalue weighted by atomic mass is 9.81. The number of ether oxygens (including phenoxy) is 1. The van der Waals surface area contributed by atoms with Crippen molar-refractivity contribution in [2.45, 2.75) is 25.0 Å². The maximum Gasteiger partial charge on any atom is 0.250 e. The highest BCUT2D eigenvalue weighted by Crippen LogP contribution is 2.47. The van der Waals surface area contributed by atoms with Crippen molar-refractivity contribution in [2.75, 3.05) is 0 Å². The van der Waals surface area contributed by atoms with Crippen LogP contribution in [0.1, 0.15) is 12.8 Å². The molecule has 2 N–H and O–H groups in total. The minimum absolute atomic E-state index is 0.0556. The average molecular weight is 182 g/mol. The van der Waals surface area contributed by atoms with E-state index in [2.05, 4.69) is 0 Å². The van der Waals surface area contributed by atoms with Gasteiger partial charge in [0.2, 0.25) is 11.8 Å². The van der Waals surface area contributed by atoms with Crippen LogP contribution in [0, 0.1) is 11.8 Å². The summed E-state index contributed by atoms with van der Waals surface area (Å²) >= 11 is 0. The van der Waals surface area contributed by atoms with Gasteiger partial charge in [-0.15, -0.1) is 0 Å². The van der Waals surface area contributed by atoms with E-state index in [0.717, 1.165) is 17.9 Å². The van der Waals surface area contributed by atoms with Gasteiger partial charge in [-0.3, -0.25) is 9.59 Å². The molecule has 2 unspecified atom stereocenters. The van der Waals surface area contributed by atoms with Crippen molar-refractivity contribution in [3.05, 3.63) is 0 Å². The van der Waals surface area contributed by atoms with Crippen LogP contribution in [0.4, 0.5) is 0 Å². The first-order valence-corrected chi connectivity index (χ1v) is 4.48. The fourth-order valence-electron chi connectivity index (χ4n) is 2.74. The summed E-state index contributed by atoms with van der Waals surface area (Å²) in [7, 11) is 0. The van der Waals surface area contributed by atoms with E-state index in [4.69, 9.17) is 10.6 Å². The van der Waals surface area contributed by atoms with Crippen LogP contribution in [0.2, 0.25) is 0 Å². The first-order valence-electron chi connectivity index (χ1n) is 4.48. The molecule has 5 heteroatoms. The van der Waals surface area contributed by atoms with Crippen LogP contribution in [0.15, 0.2) is 0 Å². The normalized spacial score (nSPS) is 47.6. The topological polar surface area (TPSA) is 72.6 Å². The molecular weight excluding hydrogens is 172 g/mol. The molecule has 0 aromatic rings. The SMILES string of the molecule is NN1C(=O)[C@@H]2C3CCC(O3)[C@@H]2C1=O.